The molecule has 98 valence electrons. The Kier molecular flexibility index (Phi) is 2.92. The summed E-state index contributed by atoms with van der Waals surface area (Å²) in [5.41, 5.74) is 8.67. The second-order valence-electron chi connectivity index (χ2n) is 5.44. The first-order valence-corrected chi connectivity index (χ1v) is 6.52. The van der Waals surface area contributed by atoms with E-state index in [1.807, 2.05) is 0 Å². The van der Waals surface area contributed by atoms with Gasteiger partial charge in [0.15, 0.2) is 11.5 Å². The van der Waals surface area contributed by atoms with Gasteiger partial charge in [0.1, 0.15) is 0 Å². The van der Waals surface area contributed by atoms with Crippen LogP contribution in [0.5, 0.6) is 11.5 Å². The van der Waals surface area contributed by atoms with Crippen LogP contribution in [0.4, 0.5) is 0 Å². The van der Waals surface area contributed by atoms with E-state index in [1.165, 1.54) is 24.0 Å². The lowest BCUT2D eigenvalue weighted by Gasteiger charge is -2.14. The van der Waals surface area contributed by atoms with Gasteiger partial charge >= 0.3 is 0 Å². The molecule has 1 saturated carbocycles. The number of hydrogen-bond donors (Lipinski definition) is 2. The quantitative estimate of drug-likeness (QED) is 0.830. The van der Waals surface area contributed by atoms with Crippen molar-refractivity contribution in [3.05, 3.63) is 23.3 Å². The average Bonchev–Trinajstić information content (AvgIpc) is 3.01. The molecule has 1 aliphatic carbocycles. The number of benzene rings is 1. The molecule has 0 saturated heterocycles. The molecule has 1 aromatic rings. The zero-order valence-electron chi connectivity index (χ0n) is 10.8. The molecule has 0 radical (unpaired) electrons. The fraction of sp³-hybridized carbons (Fsp3) is 0.571. The molecule has 3 rings (SSSR count). The summed E-state index contributed by atoms with van der Waals surface area (Å²) in [5, 5.41) is 3.51. The van der Waals surface area contributed by atoms with Crippen molar-refractivity contribution in [2.24, 2.45) is 11.1 Å². The van der Waals surface area contributed by atoms with Crippen molar-refractivity contribution in [1.29, 1.82) is 0 Å². The summed E-state index contributed by atoms with van der Waals surface area (Å²) in [5.74, 6) is 1.72. The third kappa shape index (κ3) is 2.18. The van der Waals surface area contributed by atoms with Crippen LogP contribution >= 0.6 is 0 Å². The molecule has 0 atom stereocenters. The summed E-state index contributed by atoms with van der Waals surface area (Å²) >= 11 is 0. The zero-order valence-corrected chi connectivity index (χ0v) is 10.8. The molecule has 0 spiro atoms. The molecule has 1 aromatic carbocycles. The minimum absolute atomic E-state index is 0.335. The maximum Gasteiger partial charge on any atom is 0.231 e. The lowest BCUT2D eigenvalue weighted by atomic mass is 10.1. The second kappa shape index (κ2) is 4.44. The summed E-state index contributed by atoms with van der Waals surface area (Å²) in [6.07, 6.45) is 2.52. The normalized spacial score (nSPS) is 19.0. The molecule has 3 N–H and O–H groups in total. The van der Waals surface area contributed by atoms with Crippen LogP contribution < -0.4 is 20.5 Å². The van der Waals surface area contributed by atoms with Crippen LogP contribution in [0.15, 0.2) is 12.1 Å². The van der Waals surface area contributed by atoms with E-state index < -0.39 is 0 Å². The number of ether oxygens (including phenoxy) is 2. The largest absolute Gasteiger partial charge is 0.454 e. The highest BCUT2D eigenvalue weighted by Gasteiger charge is 2.40. The van der Waals surface area contributed by atoms with Crippen LogP contribution in [0.1, 0.15) is 24.0 Å². The van der Waals surface area contributed by atoms with Gasteiger partial charge in [0.25, 0.3) is 0 Å². The van der Waals surface area contributed by atoms with E-state index in [0.717, 1.165) is 31.1 Å². The van der Waals surface area contributed by atoms with Gasteiger partial charge in [0, 0.05) is 13.1 Å². The molecule has 0 aromatic heterocycles. The van der Waals surface area contributed by atoms with Gasteiger partial charge in [-0.05, 0) is 55.0 Å². The van der Waals surface area contributed by atoms with Crippen LogP contribution in [0.2, 0.25) is 0 Å². The van der Waals surface area contributed by atoms with Gasteiger partial charge < -0.3 is 20.5 Å². The van der Waals surface area contributed by atoms with Crippen molar-refractivity contribution in [2.45, 2.75) is 26.3 Å². The molecule has 1 heterocycles. The van der Waals surface area contributed by atoms with Crippen molar-refractivity contribution < 1.29 is 9.47 Å². The third-order valence-electron chi connectivity index (χ3n) is 4.04. The lowest BCUT2D eigenvalue weighted by Crippen LogP contribution is -2.29. The van der Waals surface area contributed by atoms with Gasteiger partial charge in [-0.3, -0.25) is 0 Å². The molecule has 4 heteroatoms. The first-order chi connectivity index (χ1) is 8.72. The minimum Gasteiger partial charge on any atom is -0.454 e. The number of hydrogen-bond acceptors (Lipinski definition) is 4. The number of rotatable bonds is 5. The van der Waals surface area contributed by atoms with Crippen LogP contribution in [-0.4, -0.2) is 19.9 Å². The van der Waals surface area contributed by atoms with Crippen LogP contribution in [0, 0.1) is 12.3 Å². The maximum atomic E-state index is 5.78. The number of fused-ring (bicyclic) bond motifs is 1. The van der Waals surface area contributed by atoms with Crippen LogP contribution in [0.3, 0.4) is 0 Å². The van der Waals surface area contributed by atoms with Crippen molar-refractivity contribution in [3.8, 4) is 11.5 Å². The summed E-state index contributed by atoms with van der Waals surface area (Å²) < 4.78 is 10.8. The van der Waals surface area contributed by atoms with Crippen molar-refractivity contribution in [2.75, 3.05) is 19.9 Å². The van der Waals surface area contributed by atoms with Gasteiger partial charge in [-0.2, -0.15) is 0 Å². The predicted molar refractivity (Wildman–Crippen MR) is 69.7 cm³/mol. The summed E-state index contributed by atoms with van der Waals surface area (Å²) in [7, 11) is 0. The lowest BCUT2D eigenvalue weighted by molar-refractivity contribution is 0.174. The smallest absolute Gasteiger partial charge is 0.231 e. The van der Waals surface area contributed by atoms with Gasteiger partial charge in [0.2, 0.25) is 6.79 Å². The van der Waals surface area contributed by atoms with E-state index >= 15 is 0 Å². The molecule has 0 amide bonds. The monoisotopic (exact) mass is 248 g/mol. The number of aryl methyl sites for hydroxylation is 1. The van der Waals surface area contributed by atoms with E-state index in [0.29, 0.717) is 12.2 Å². The average molecular weight is 248 g/mol. The predicted octanol–water partition coefficient (Wildman–Crippen LogP) is 1.55. The highest BCUT2D eigenvalue weighted by Crippen LogP contribution is 2.43. The minimum atomic E-state index is 0.335. The fourth-order valence-corrected chi connectivity index (χ4v) is 2.37. The van der Waals surface area contributed by atoms with E-state index in [4.69, 9.17) is 15.2 Å². The van der Waals surface area contributed by atoms with E-state index in [9.17, 15) is 0 Å². The Morgan fingerprint density at radius 1 is 1.28 bits per heavy atom. The van der Waals surface area contributed by atoms with Crippen LogP contribution in [-0.2, 0) is 6.54 Å². The first-order valence-electron chi connectivity index (χ1n) is 6.52. The van der Waals surface area contributed by atoms with Crippen molar-refractivity contribution >= 4 is 0 Å². The second-order valence-corrected chi connectivity index (χ2v) is 5.44. The van der Waals surface area contributed by atoms with E-state index in [1.54, 1.807) is 0 Å². The highest BCUT2D eigenvalue weighted by molar-refractivity contribution is 5.48. The third-order valence-corrected chi connectivity index (χ3v) is 4.04. The Bertz CT molecular complexity index is 455. The van der Waals surface area contributed by atoms with Crippen molar-refractivity contribution in [3.63, 3.8) is 0 Å². The van der Waals surface area contributed by atoms with Crippen molar-refractivity contribution in [1.82, 2.24) is 5.32 Å². The maximum absolute atomic E-state index is 5.78. The van der Waals surface area contributed by atoms with E-state index in [-0.39, 0.29) is 0 Å². The highest BCUT2D eigenvalue weighted by atomic mass is 16.7. The molecule has 1 aliphatic heterocycles. The number of nitrogens with one attached hydrogen (secondary N) is 1. The van der Waals surface area contributed by atoms with Gasteiger partial charge in [0.05, 0.1) is 0 Å². The molecule has 1 fully saturated rings. The Labute approximate surface area is 107 Å². The first kappa shape index (κ1) is 11.8. The molecule has 0 bridgehead atoms. The van der Waals surface area contributed by atoms with Gasteiger partial charge in [-0.15, -0.1) is 0 Å². The standard InChI is InChI=1S/C14H20N2O2/c1-10-4-12-13(18-9-17-12)5-11(10)6-16-8-14(7-15)2-3-14/h4-5,16H,2-3,6-9,15H2,1H3. The topological polar surface area (TPSA) is 56.5 Å². The molecular weight excluding hydrogens is 228 g/mol. The zero-order chi connectivity index (χ0) is 12.6. The van der Waals surface area contributed by atoms with Gasteiger partial charge in [-0.25, -0.2) is 0 Å². The SMILES string of the molecule is Cc1cc2c(cc1CNCC1(CN)CC1)OCO2. The van der Waals surface area contributed by atoms with Crippen LogP contribution in [0.25, 0.3) is 0 Å². The van der Waals surface area contributed by atoms with E-state index in [2.05, 4.69) is 24.4 Å². The number of nitrogens with two attached hydrogens (primary N) is 1. The van der Waals surface area contributed by atoms with Gasteiger partial charge in [-0.1, -0.05) is 0 Å². The molecule has 4 nitrogen and oxygen atoms in total. The summed E-state index contributed by atoms with van der Waals surface area (Å²) in [6, 6.07) is 4.13. The molecular formula is C14H20N2O2. The Hall–Kier alpha value is -1.26. The molecule has 18 heavy (non-hydrogen) atoms. The summed E-state index contributed by atoms with van der Waals surface area (Å²) in [6.45, 7) is 5.11. The molecule has 2 aliphatic rings. The summed E-state index contributed by atoms with van der Waals surface area (Å²) in [4.78, 5) is 0. The molecule has 0 unspecified atom stereocenters. The Balaban J connectivity index is 1.62. The fourth-order valence-electron chi connectivity index (χ4n) is 2.37. The Morgan fingerprint density at radius 2 is 2.00 bits per heavy atom. The Morgan fingerprint density at radius 3 is 2.67 bits per heavy atom.